The lowest BCUT2D eigenvalue weighted by Crippen LogP contribution is -2.42. The molecular weight excluding hydrogens is 480 g/mol. The van der Waals surface area contributed by atoms with Gasteiger partial charge in [0.25, 0.3) is 0 Å². The number of hydrogen-bond acceptors (Lipinski definition) is 7. The normalized spacial score (nSPS) is 14.2. The molecule has 1 saturated heterocycles. The fraction of sp³-hybridized carbons (Fsp3) is 0.321. The molecule has 0 atom stereocenters. The first-order valence-corrected chi connectivity index (χ1v) is 12.7. The lowest BCUT2D eigenvalue weighted by Gasteiger charge is -2.37. The maximum absolute atomic E-state index is 12.3. The van der Waals surface area contributed by atoms with Crippen molar-refractivity contribution in [2.75, 3.05) is 49.8 Å². The number of nitrogens with zero attached hydrogens (tertiary/aromatic N) is 6. The van der Waals surface area contributed by atoms with Gasteiger partial charge in [-0.3, -0.25) is 9.20 Å². The van der Waals surface area contributed by atoms with Crippen molar-refractivity contribution in [1.29, 1.82) is 0 Å². The molecule has 0 radical (unpaired) electrons. The maximum Gasteiger partial charge on any atom is 0.247 e. The Hall–Kier alpha value is -4.31. The topological polar surface area (TPSA) is 92.0 Å². The standard InChI is InChI=1S/C28H34N8O2/c1-6-28(37)32-21-13-22(25(38-5)14-23(21)35-11-8-20(9-12-35)33(2)3)31-26-18-36-24(15-30-27(36)16-29-26)19-7-10-34(4)17-19/h6-7,10,13-18,20,31H,1,8-9,11-12H2,2-5H3,(H,32,37). The summed E-state index contributed by atoms with van der Waals surface area (Å²) < 4.78 is 9.79. The van der Waals surface area contributed by atoms with Gasteiger partial charge in [-0.1, -0.05) is 6.58 Å². The number of rotatable bonds is 8. The lowest BCUT2D eigenvalue weighted by atomic mass is 10.0. The van der Waals surface area contributed by atoms with Gasteiger partial charge in [0, 0.05) is 50.2 Å². The third kappa shape index (κ3) is 5.08. The number of piperidine rings is 1. The van der Waals surface area contributed by atoms with Crippen molar-refractivity contribution < 1.29 is 9.53 Å². The number of nitrogens with one attached hydrogen (secondary N) is 2. The summed E-state index contributed by atoms with van der Waals surface area (Å²) >= 11 is 0. The summed E-state index contributed by atoms with van der Waals surface area (Å²) in [4.78, 5) is 26.0. The third-order valence-electron chi connectivity index (χ3n) is 7.08. The van der Waals surface area contributed by atoms with E-state index in [1.165, 1.54) is 6.08 Å². The summed E-state index contributed by atoms with van der Waals surface area (Å²) in [7, 11) is 7.88. The number of carbonyl (C=O) groups excluding carboxylic acids is 1. The van der Waals surface area contributed by atoms with Crippen molar-refractivity contribution >= 4 is 34.4 Å². The van der Waals surface area contributed by atoms with Crippen molar-refractivity contribution in [3.63, 3.8) is 0 Å². The van der Waals surface area contributed by atoms with E-state index in [1.807, 2.05) is 46.7 Å². The van der Waals surface area contributed by atoms with Gasteiger partial charge in [-0.2, -0.15) is 0 Å². The predicted octanol–water partition coefficient (Wildman–Crippen LogP) is 4.14. The van der Waals surface area contributed by atoms with Crippen LogP contribution in [0.5, 0.6) is 5.75 Å². The molecule has 3 aromatic heterocycles. The summed E-state index contributed by atoms with van der Waals surface area (Å²) in [6.45, 7) is 5.39. The number of benzene rings is 1. The number of hydrogen-bond donors (Lipinski definition) is 2. The van der Waals surface area contributed by atoms with Gasteiger partial charge in [0.2, 0.25) is 5.91 Å². The quantitative estimate of drug-likeness (QED) is 0.342. The average Bonchev–Trinajstić information content (AvgIpc) is 3.54. The van der Waals surface area contributed by atoms with E-state index in [0.29, 0.717) is 29.0 Å². The van der Waals surface area contributed by atoms with Crippen LogP contribution >= 0.6 is 0 Å². The predicted molar refractivity (Wildman–Crippen MR) is 151 cm³/mol. The smallest absolute Gasteiger partial charge is 0.247 e. The minimum Gasteiger partial charge on any atom is -0.494 e. The number of aromatic nitrogens is 4. The molecule has 1 aromatic carbocycles. The summed E-state index contributed by atoms with van der Waals surface area (Å²) in [5, 5.41) is 6.37. The van der Waals surface area contributed by atoms with E-state index in [0.717, 1.165) is 48.5 Å². The Kier molecular flexibility index (Phi) is 7.06. The number of methoxy groups -OCH3 is 1. The molecule has 38 heavy (non-hydrogen) atoms. The monoisotopic (exact) mass is 514 g/mol. The minimum atomic E-state index is -0.268. The zero-order valence-corrected chi connectivity index (χ0v) is 22.3. The van der Waals surface area contributed by atoms with Crippen LogP contribution in [0.2, 0.25) is 0 Å². The van der Waals surface area contributed by atoms with Crippen molar-refractivity contribution in [3.05, 3.63) is 61.8 Å². The first-order chi connectivity index (χ1) is 18.4. The number of imidazole rings is 1. The van der Waals surface area contributed by atoms with Crippen LogP contribution in [0.3, 0.4) is 0 Å². The molecule has 0 aliphatic carbocycles. The van der Waals surface area contributed by atoms with Crippen LogP contribution in [0.25, 0.3) is 16.9 Å². The minimum absolute atomic E-state index is 0.268. The third-order valence-corrected chi connectivity index (χ3v) is 7.08. The number of ether oxygens (including phenoxy) is 1. The fourth-order valence-electron chi connectivity index (χ4n) is 4.96. The van der Waals surface area contributed by atoms with Crippen LogP contribution in [0, 0.1) is 0 Å². The van der Waals surface area contributed by atoms with Crippen LogP contribution in [0.15, 0.2) is 61.8 Å². The first kappa shape index (κ1) is 25.3. The highest BCUT2D eigenvalue weighted by Gasteiger charge is 2.24. The van der Waals surface area contributed by atoms with Crippen molar-refractivity contribution in [2.45, 2.75) is 18.9 Å². The number of carbonyl (C=O) groups is 1. The maximum atomic E-state index is 12.3. The fourth-order valence-corrected chi connectivity index (χ4v) is 4.96. The second-order valence-corrected chi connectivity index (χ2v) is 9.78. The van der Waals surface area contributed by atoms with E-state index >= 15 is 0 Å². The largest absolute Gasteiger partial charge is 0.494 e. The summed E-state index contributed by atoms with van der Waals surface area (Å²) in [6, 6.07) is 6.47. The molecule has 1 aliphatic rings. The van der Waals surface area contributed by atoms with Gasteiger partial charge in [0.05, 0.1) is 48.5 Å². The second kappa shape index (κ2) is 10.6. The van der Waals surface area contributed by atoms with Crippen molar-refractivity contribution in [1.82, 2.24) is 23.8 Å². The van der Waals surface area contributed by atoms with Gasteiger partial charge in [0.15, 0.2) is 5.65 Å². The van der Waals surface area contributed by atoms with Gasteiger partial charge in [-0.15, -0.1) is 0 Å². The Balaban J connectivity index is 1.49. The zero-order valence-electron chi connectivity index (χ0n) is 22.3. The molecule has 198 valence electrons. The Morgan fingerprint density at radius 2 is 1.95 bits per heavy atom. The molecule has 2 N–H and O–H groups in total. The molecule has 0 unspecified atom stereocenters. The van der Waals surface area contributed by atoms with E-state index in [-0.39, 0.29) is 5.91 Å². The summed E-state index contributed by atoms with van der Waals surface area (Å²) in [5.74, 6) is 1.00. The molecule has 0 saturated carbocycles. The molecular formula is C28H34N8O2. The number of fused-ring (bicyclic) bond motifs is 1. The van der Waals surface area contributed by atoms with E-state index in [4.69, 9.17) is 4.74 Å². The average molecular weight is 515 g/mol. The van der Waals surface area contributed by atoms with Crippen LogP contribution in [0.1, 0.15) is 12.8 Å². The first-order valence-electron chi connectivity index (χ1n) is 12.7. The number of aryl methyl sites for hydroxylation is 1. The molecule has 1 aliphatic heterocycles. The highest BCUT2D eigenvalue weighted by Crippen LogP contribution is 2.39. The highest BCUT2D eigenvalue weighted by atomic mass is 16.5. The van der Waals surface area contributed by atoms with E-state index in [2.05, 4.69) is 63.3 Å². The summed E-state index contributed by atoms with van der Waals surface area (Å²) in [5.41, 5.74) is 5.07. The Bertz CT molecular complexity index is 1460. The van der Waals surface area contributed by atoms with Gasteiger partial charge < -0.3 is 29.7 Å². The molecule has 4 aromatic rings. The van der Waals surface area contributed by atoms with Gasteiger partial charge in [-0.25, -0.2) is 9.97 Å². The van der Waals surface area contributed by atoms with E-state index in [9.17, 15) is 4.79 Å². The molecule has 5 rings (SSSR count). The van der Waals surface area contributed by atoms with E-state index < -0.39 is 0 Å². The zero-order chi connectivity index (χ0) is 26.8. The van der Waals surface area contributed by atoms with Crippen LogP contribution < -0.4 is 20.3 Å². The molecule has 1 amide bonds. The van der Waals surface area contributed by atoms with Crippen LogP contribution in [-0.2, 0) is 11.8 Å². The number of anilines is 4. The highest BCUT2D eigenvalue weighted by molar-refractivity contribution is 6.02. The molecule has 10 nitrogen and oxygen atoms in total. The lowest BCUT2D eigenvalue weighted by molar-refractivity contribution is -0.111. The molecule has 0 spiro atoms. The number of amides is 1. The van der Waals surface area contributed by atoms with Gasteiger partial charge in [-0.05, 0) is 45.1 Å². The van der Waals surface area contributed by atoms with Crippen LogP contribution in [-0.4, -0.2) is 70.1 Å². The van der Waals surface area contributed by atoms with E-state index in [1.54, 1.807) is 13.3 Å². The molecule has 4 heterocycles. The molecule has 10 heteroatoms. The SMILES string of the molecule is C=CC(=O)Nc1cc(Nc2cn3c(-c4ccn(C)c4)cnc3cn2)c(OC)cc1N1CCC(N(C)C)CC1. The molecule has 0 bridgehead atoms. The van der Waals surface area contributed by atoms with Crippen LogP contribution in [0.4, 0.5) is 22.9 Å². The van der Waals surface area contributed by atoms with Crippen molar-refractivity contribution in [3.8, 4) is 17.0 Å². The Labute approximate surface area is 222 Å². The van der Waals surface area contributed by atoms with Gasteiger partial charge >= 0.3 is 0 Å². The van der Waals surface area contributed by atoms with Gasteiger partial charge in [0.1, 0.15) is 11.6 Å². The Morgan fingerprint density at radius 3 is 2.61 bits per heavy atom. The Morgan fingerprint density at radius 1 is 1.16 bits per heavy atom. The summed E-state index contributed by atoms with van der Waals surface area (Å²) in [6.07, 6.45) is 12.9. The molecule has 1 fully saturated rings. The second-order valence-electron chi connectivity index (χ2n) is 9.78. The van der Waals surface area contributed by atoms with Crippen molar-refractivity contribution in [2.24, 2.45) is 7.05 Å².